The summed E-state index contributed by atoms with van der Waals surface area (Å²) in [5, 5.41) is 3.37. The third kappa shape index (κ3) is 1.63. The number of rotatable bonds is 1. The Balaban J connectivity index is 2.30. The molecule has 1 unspecified atom stereocenters. The predicted molar refractivity (Wildman–Crippen MR) is 53.6 cm³/mol. The van der Waals surface area contributed by atoms with E-state index >= 15 is 0 Å². The van der Waals surface area contributed by atoms with Gasteiger partial charge in [0.05, 0.1) is 6.04 Å². The predicted octanol–water partition coefficient (Wildman–Crippen LogP) is 1.90. The van der Waals surface area contributed by atoms with E-state index in [0.29, 0.717) is 6.04 Å². The van der Waals surface area contributed by atoms with Crippen LogP contribution in [0.5, 0.6) is 0 Å². The van der Waals surface area contributed by atoms with Crippen molar-refractivity contribution in [3.05, 3.63) is 41.2 Å². The average Bonchev–Trinajstić information content (AvgIpc) is 2.62. The molecular weight excluding hydrogens is 160 g/mol. The minimum absolute atomic E-state index is 0.367. The second kappa shape index (κ2) is 3.30. The van der Waals surface area contributed by atoms with Gasteiger partial charge in [-0.15, -0.1) is 0 Å². The number of aromatic nitrogens is 1. The van der Waals surface area contributed by atoms with E-state index in [0.717, 1.165) is 12.2 Å². The molecule has 0 aliphatic carbocycles. The first kappa shape index (κ1) is 8.45. The summed E-state index contributed by atoms with van der Waals surface area (Å²) in [5.41, 5.74) is 3.64. The molecule has 0 amide bonds. The van der Waals surface area contributed by atoms with Crippen molar-refractivity contribution in [3.63, 3.8) is 0 Å². The van der Waals surface area contributed by atoms with Crippen molar-refractivity contribution in [2.75, 3.05) is 6.54 Å². The van der Waals surface area contributed by atoms with Crippen molar-refractivity contribution >= 4 is 0 Å². The van der Waals surface area contributed by atoms with Gasteiger partial charge in [0.2, 0.25) is 0 Å². The zero-order valence-electron chi connectivity index (χ0n) is 8.04. The van der Waals surface area contributed by atoms with Gasteiger partial charge in [0.1, 0.15) is 0 Å². The highest BCUT2D eigenvalue weighted by Crippen LogP contribution is 2.18. The first-order chi connectivity index (χ1) is 6.27. The van der Waals surface area contributed by atoms with Crippen LogP contribution in [0, 0.1) is 13.8 Å². The summed E-state index contributed by atoms with van der Waals surface area (Å²) in [6, 6.07) is 2.57. The summed E-state index contributed by atoms with van der Waals surface area (Å²) < 4.78 is 0. The smallest absolute Gasteiger partial charge is 0.0524 e. The van der Waals surface area contributed by atoms with E-state index in [2.05, 4.69) is 35.4 Å². The van der Waals surface area contributed by atoms with Gasteiger partial charge in [-0.25, -0.2) is 0 Å². The lowest BCUT2D eigenvalue weighted by molar-refractivity contribution is 0.708. The number of hydrogen-bond donors (Lipinski definition) is 1. The van der Waals surface area contributed by atoms with Crippen LogP contribution in [0.2, 0.25) is 0 Å². The molecule has 1 aromatic rings. The molecule has 0 saturated carbocycles. The lowest BCUT2D eigenvalue weighted by Crippen LogP contribution is -2.14. The second-order valence-corrected chi connectivity index (χ2v) is 3.49. The van der Waals surface area contributed by atoms with Gasteiger partial charge < -0.3 is 5.32 Å². The molecular formula is C11H14N2. The maximum atomic E-state index is 4.35. The Bertz CT molecular complexity index is 342. The SMILES string of the molecule is Cc1cc(C2C=CCN2)cnc1C. The zero-order chi connectivity index (χ0) is 9.26. The lowest BCUT2D eigenvalue weighted by Gasteiger charge is -2.10. The van der Waals surface area contributed by atoms with E-state index in [1.54, 1.807) is 0 Å². The molecule has 0 radical (unpaired) electrons. The molecule has 0 fully saturated rings. The maximum absolute atomic E-state index is 4.35. The highest BCUT2D eigenvalue weighted by atomic mass is 14.9. The monoisotopic (exact) mass is 174 g/mol. The summed E-state index contributed by atoms with van der Waals surface area (Å²) in [5.74, 6) is 0. The lowest BCUT2D eigenvalue weighted by atomic mass is 10.1. The van der Waals surface area contributed by atoms with Crippen molar-refractivity contribution in [2.24, 2.45) is 0 Å². The van der Waals surface area contributed by atoms with Crippen LogP contribution in [-0.2, 0) is 0 Å². The van der Waals surface area contributed by atoms with Gasteiger partial charge in [0.15, 0.2) is 0 Å². The number of nitrogens with one attached hydrogen (secondary N) is 1. The van der Waals surface area contributed by atoms with Crippen molar-refractivity contribution in [3.8, 4) is 0 Å². The van der Waals surface area contributed by atoms with E-state index in [4.69, 9.17) is 0 Å². The largest absolute Gasteiger partial charge is 0.303 e. The van der Waals surface area contributed by atoms with Crippen molar-refractivity contribution in [1.29, 1.82) is 0 Å². The Hall–Kier alpha value is -1.15. The van der Waals surface area contributed by atoms with Gasteiger partial charge in [0.25, 0.3) is 0 Å². The number of nitrogens with zero attached hydrogens (tertiary/aromatic N) is 1. The number of pyridine rings is 1. The van der Waals surface area contributed by atoms with Crippen LogP contribution in [0.15, 0.2) is 24.4 Å². The Labute approximate surface area is 78.7 Å². The quantitative estimate of drug-likeness (QED) is 0.658. The van der Waals surface area contributed by atoms with Gasteiger partial charge in [-0.2, -0.15) is 0 Å². The first-order valence-corrected chi connectivity index (χ1v) is 4.60. The van der Waals surface area contributed by atoms with E-state index in [1.165, 1.54) is 11.1 Å². The molecule has 1 N–H and O–H groups in total. The molecule has 1 atom stereocenters. The van der Waals surface area contributed by atoms with Gasteiger partial charge >= 0.3 is 0 Å². The summed E-state index contributed by atoms with van der Waals surface area (Å²) >= 11 is 0. The first-order valence-electron chi connectivity index (χ1n) is 4.60. The average molecular weight is 174 g/mol. The van der Waals surface area contributed by atoms with Crippen molar-refractivity contribution in [2.45, 2.75) is 19.9 Å². The fraction of sp³-hybridized carbons (Fsp3) is 0.364. The van der Waals surface area contributed by atoms with Crippen LogP contribution < -0.4 is 5.32 Å². The molecule has 2 heteroatoms. The summed E-state index contributed by atoms with van der Waals surface area (Å²) in [6.07, 6.45) is 6.29. The third-order valence-corrected chi connectivity index (χ3v) is 2.50. The highest BCUT2D eigenvalue weighted by molar-refractivity contribution is 5.29. The molecule has 0 bridgehead atoms. The van der Waals surface area contributed by atoms with Gasteiger partial charge in [0, 0.05) is 18.4 Å². The summed E-state index contributed by atoms with van der Waals surface area (Å²) in [7, 11) is 0. The Morgan fingerprint density at radius 3 is 2.92 bits per heavy atom. The van der Waals surface area contributed by atoms with Crippen LogP contribution >= 0.6 is 0 Å². The van der Waals surface area contributed by atoms with E-state index < -0.39 is 0 Å². The molecule has 1 aliphatic rings. The Kier molecular flexibility index (Phi) is 2.15. The fourth-order valence-electron chi connectivity index (χ4n) is 1.53. The molecule has 13 heavy (non-hydrogen) atoms. The topological polar surface area (TPSA) is 24.9 Å². The molecule has 68 valence electrons. The molecule has 1 aromatic heterocycles. The third-order valence-electron chi connectivity index (χ3n) is 2.50. The fourth-order valence-corrected chi connectivity index (χ4v) is 1.53. The van der Waals surface area contributed by atoms with E-state index in [1.807, 2.05) is 13.1 Å². The molecule has 1 aliphatic heterocycles. The van der Waals surface area contributed by atoms with Crippen LogP contribution in [0.1, 0.15) is 22.9 Å². The summed E-state index contributed by atoms with van der Waals surface area (Å²) in [4.78, 5) is 4.35. The minimum Gasteiger partial charge on any atom is -0.303 e. The molecule has 0 spiro atoms. The Morgan fingerprint density at radius 2 is 2.31 bits per heavy atom. The van der Waals surface area contributed by atoms with E-state index in [9.17, 15) is 0 Å². The Morgan fingerprint density at radius 1 is 1.46 bits per heavy atom. The van der Waals surface area contributed by atoms with Crippen LogP contribution in [0.25, 0.3) is 0 Å². The maximum Gasteiger partial charge on any atom is 0.0524 e. The molecule has 0 saturated heterocycles. The van der Waals surface area contributed by atoms with Crippen LogP contribution in [0.4, 0.5) is 0 Å². The molecule has 2 heterocycles. The van der Waals surface area contributed by atoms with Crippen LogP contribution in [0.3, 0.4) is 0 Å². The molecule has 2 nitrogen and oxygen atoms in total. The summed E-state index contributed by atoms with van der Waals surface area (Å²) in [6.45, 7) is 5.11. The minimum atomic E-state index is 0.367. The molecule has 2 rings (SSSR count). The van der Waals surface area contributed by atoms with Gasteiger partial charge in [-0.3, -0.25) is 4.98 Å². The number of hydrogen-bond acceptors (Lipinski definition) is 2. The van der Waals surface area contributed by atoms with Crippen LogP contribution in [-0.4, -0.2) is 11.5 Å². The standard InChI is InChI=1S/C11H14N2/c1-8-6-10(7-13-9(8)2)11-4-3-5-12-11/h3-4,6-7,11-12H,5H2,1-2H3. The van der Waals surface area contributed by atoms with Crippen molar-refractivity contribution in [1.82, 2.24) is 10.3 Å². The van der Waals surface area contributed by atoms with Gasteiger partial charge in [-0.1, -0.05) is 18.2 Å². The molecule has 0 aromatic carbocycles. The number of aryl methyl sites for hydroxylation is 2. The zero-order valence-corrected chi connectivity index (χ0v) is 8.04. The van der Waals surface area contributed by atoms with Crippen molar-refractivity contribution < 1.29 is 0 Å². The van der Waals surface area contributed by atoms with E-state index in [-0.39, 0.29) is 0 Å². The normalized spacial score (nSPS) is 20.9. The van der Waals surface area contributed by atoms with Gasteiger partial charge in [-0.05, 0) is 25.0 Å². The highest BCUT2D eigenvalue weighted by Gasteiger charge is 2.11. The second-order valence-electron chi connectivity index (χ2n) is 3.49.